The van der Waals surface area contributed by atoms with E-state index in [2.05, 4.69) is 16.7 Å². The van der Waals surface area contributed by atoms with Crippen molar-refractivity contribution in [3.8, 4) is 0 Å². The maximum atomic E-state index is 13.8. The molecule has 8 heteroatoms. The van der Waals surface area contributed by atoms with E-state index in [9.17, 15) is 13.2 Å². The van der Waals surface area contributed by atoms with Gasteiger partial charge in [-0.05, 0) is 47.5 Å². The molecule has 1 fully saturated rings. The Bertz CT molecular complexity index is 1250. The molecule has 2 aliphatic heterocycles. The molecule has 6 nitrogen and oxygen atoms in total. The number of benzene rings is 2. The second-order valence-electron chi connectivity index (χ2n) is 8.93. The predicted octanol–water partition coefficient (Wildman–Crippen LogP) is 3.96. The molecule has 0 saturated carbocycles. The van der Waals surface area contributed by atoms with Crippen molar-refractivity contribution in [2.24, 2.45) is 0 Å². The summed E-state index contributed by atoms with van der Waals surface area (Å²) in [5.41, 5.74) is 3.23. The molecule has 5 rings (SSSR count). The molecule has 2 N–H and O–H groups in total. The van der Waals surface area contributed by atoms with Crippen molar-refractivity contribution in [1.29, 1.82) is 0 Å². The Labute approximate surface area is 205 Å². The van der Waals surface area contributed by atoms with E-state index < -0.39 is 10.0 Å². The first-order chi connectivity index (χ1) is 16.5. The van der Waals surface area contributed by atoms with Gasteiger partial charge in [0.1, 0.15) is 9.77 Å². The second-order valence-corrected chi connectivity index (χ2v) is 11.8. The summed E-state index contributed by atoms with van der Waals surface area (Å²) in [6.45, 7) is 2.10. The molecule has 34 heavy (non-hydrogen) atoms. The van der Waals surface area contributed by atoms with Gasteiger partial charge in [-0.3, -0.25) is 4.79 Å². The van der Waals surface area contributed by atoms with Crippen LogP contribution < -0.4 is 10.6 Å². The number of hydrogen-bond donors (Lipinski definition) is 2. The number of amides is 1. The Morgan fingerprint density at radius 1 is 1.06 bits per heavy atom. The first kappa shape index (κ1) is 23.2. The van der Waals surface area contributed by atoms with Crippen LogP contribution in [0.4, 0.5) is 0 Å². The molecule has 1 aromatic heterocycles. The van der Waals surface area contributed by atoms with Crippen molar-refractivity contribution in [1.82, 2.24) is 14.9 Å². The molecule has 1 amide bonds. The molecule has 1 saturated heterocycles. The van der Waals surface area contributed by atoms with Crippen LogP contribution in [0.15, 0.2) is 70.9 Å². The molecular formula is C26H29N3O3S2. The first-order valence-corrected chi connectivity index (χ1v) is 14.1. The summed E-state index contributed by atoms with van der Waals surface area (Å²) in [6.07, 6.45) is 3.32. The van der Waals surface area contributed by atoms with Crippen molar-refractivity contribution in [3.05, 3.63) is 87.6 Å². The molecule has 178 valence electrons. The zero-order valence-corrected chi connectivity index (χ0v) is 20.6. The minimum Gasteiger partial charge on any atom is -0.350 e. The summed E-state index contributed by atoms with van der Waals surface area (Å²) >= 11 is 1.18. The topological polar surface area (TPSA) is 78.5 Å². The third kappa shape index (κ3) is 4.68. The van der Waals surface area contributed by atoms with E-state index in [0.717, 1.165) is 42.5 Å². The van der Waals surface area contributed by atoms with Gasteiger partial charge in [0.15, 0.2) is 0 Å². The van der Waals surface area contributed by atoms with Gasteiger partial charge in [-0.25, -0.2) is 8.42 Å². The van der Waals surface area contributed by atoms with Crippen molar-refractivity contribution in [3.63, 3.8) is 0 Å². The van der Waals surface area contributed by atoms with Gasteiger partial charge >= 0.3 is 0 Å². The zero-order valence-electron chi connectivity index (χ0n) is 18.9. The van der Waals surface area contributed by atoms with E-state index in [1.54, 1.807) is 11.4 Å². The summed E-state index contributed by atoms with van der Waals surface area (Å²) in [5.74, 6) is -0.382. The maximum Gasteiger partial charge on any atom is 0.262 e. The standard InChI is InChI=1S/C26H29N3O3S2/c30-26(28-16-21-11-6-7-14-27-21)25-24(13-15-33-25)34(31,32)29-17-20-10-4-5-12-22(20)23(18-29)19-8-2-1-3-9-19/h1-5,8-10,12-13,15,21,23,27H,6-7,11,14,16-18H2,(H,28,30)/t21-,23?/m1/s1. The minimum atomic E-state index is -3.85. The number of fused-ring (bicyclic) bond motifs is 1. The van der Waals surface area contributed by atoms with E-state index in [-0.39, 0.29) is 27.6 Å². The number of nitrogens with one attached hydrogen (secondary N) is 2. The largest absolute Gasteiger partial charge is 0.350 e. The van der Waals surface area contributed by atoms with Gasteiger partial charge in [0.25, 0.3) is 5.91 Å². The zero-order chi connectivity index (χ0) is 23.5. The number of rotatable bonds is 6. The number of sulfonamides is 1. The SMILES string of the molecule is O=C(NC[C@H]1CCCCN1)c1sccc1S(=O)(=O)N1Cc2ccccc2C(c2ccccc2)C1. The van der Waals surface area contributed by atoms with E-state index in [1.807, 2.05) is 48.5 Å². The Hall–Kier alpha value is -2.52. The van der Waals surface area contributed by atoms with Crippen LogP contribution in [0.25, 0.3) is 0 Å². The molecular weight excluding hydrogens is 466 g/mol. The maximum absolute atomic E-state index is 13.8. The van der Waals surface area contributed by atoms with Gasteiger partial charge < -0.3 is 10.6 Å². The molecule has 0 aliphatic carbocycles. The van der Waals surface area contributed by atoms with E-state index >= 15 is 0 Å². The molecule has 2 atom stereocenters. The lowest BCUT2D eigenvalue weighted by Gasteiger charge is -2.34. The third-order valence-corrected chi connectivity index (χ3v) is 9.64. The van der Waals surface area contributed by atoms with Crippen LogP contribution in [0.1, 0.15) is 51.5 Å². The van der Waals surface area contributed by atoms with Crippen LogP contribution in [-0.4, -0.2) is 44.3 Å². The van der Waals surface area contributed by atoms with Crippen LogP contribution in [-0.2, 0) is 16.6 Å². The summed E-state index contributed by atoms with van der Waals surface area (Å²) in [7, 11) is -3.85. The molecule has 3 aromatic rings. The highest BCUT2D eigenvalue weighted by atomic mass is 32.2. The van der Waals surface area contributed by atoms with Crippen LogP contribution in [0.5, 0.6) is 0 Å². The molecule has 1 unspecified atom stereocenters. The number of thiophene rings is 1. The van der Waals surface area contributed by atoms with Crippen molar-refractivity contribution in [2.45, 2.75) is 42.7 Å². The molecule has 0 spiro atoms. The molecule has 3 heterocycles. The van der Waals surface area contributed by atoms with Crippen molar-refractivity contribution >= 4 is 27.3 Å². The molecule has 0 radical (unpaired) electrons. The number of carbonyl (C=O) groups is 1. The highest BCUT2D eigenvalue weighted by Crippen LogP contribution is 2.37. The van der Waals surface area contributed by atoms with Gasteiger partial charge in [0.2, 0.25) is 10.0 Å². The van der Waals surface area contributed by atoms with Gasteiger partial charge in [0.05, 0.1) is 0 Å². The average Bonchev–Trinajstić information content (AvgIpc) is 3.39. The van der Waals surface area contributed by atoms with Crippen LogP contribution in [0, 0.1) is 0 Å². The Kier molecular flexibility index (Phi) is 6.83. The summed E-state index contributed by atoms with van der Waals surface area (Å²) < 4.78 is 29.1. The fourth-order valence-corrected chi connectivity index (χ4v) is 7.68. The van der Waals surface area contributed by atoms with E-state index in [0.29, 0.717) is 19.6 Å². The first-order valence-electron chi connectivity index (χ1n) is 11.8. The van der Waals surface area contributed by atoms with Crippen LogP contribution in [0.2, 0.25) is 0 Å². The van der Waals surface area contributed by atoms with Gasteiger partial charge in [0, 0.05) is 31.6 Å². The fourth-order valence-electron chi connectivity index (χ4n) is 4.93. The van der Waals surface area contributed by atoms with Gasteiger partial charge in [-0.2, -0.15) is 4.31 Å². The lowest BCUT2D eigenvalue weighted by molar-refractivity contribution is 0.0948. The Balaban J connectivity index is 1.40. The van der Waals surface area contributed by atoms with Crippen LogP contribution in [0.3, 0.4) is 0 Å². The second kappa shape index (κ2) is 10.00. The van der Waals surface area contributed by atoms with E-state index in [1.165, 1.54) is 15.6 Å². The smallest absolute Gasteiger partial charge is 0.262 e. The van der Waals surface area contributed by atoms with Gasteiger partial charge in [-0.15, -0.1) is 11.3 Å². The number of nitrogens with zero attached hydrogens (tertiary/aromatic N) is 1. The molecule has 2 aliphatic rings. The lowest BCUT2D eigenvalue weighted by atomic mass is 9.86. The predicted molar refractivity (Wildman–Crippen MR) is 135 cm³/mol. The third-order valence-electron chi connectivity index (χ3n) is 6.74. The van der Waals surface area contributed by atoms with E-state index in [4.69, 9.17) is 0 Å². The molecule has 0 bridgehead atoms. The summed E-state index contributed by atoms with van der Waals surface area (Å²) in [4.78, 5) is 13.3. The monoisotopic (exact) mass is 495 g/mol. The number of piperidine rings is 1. The van der Waals surface area contributed by atoms with Crippen LogP contribution >= 0.6 is 11.3 Å². The highest BCUT2D eigenvalue weighted by Gasteiger charge is 2.36. The normalized spacial score (nSPS) is 21.1. The Morgan fingerprint density at radius 2 is 1.85 bits per heavy atom. The lowest BCUT2D eigenvalue weighted by Crippen LogP contribution is -2.43. The summed E-state index contributed by atoms with van der Waals surface area (Å²) in [5, 5.41) is 8.04. The van der Waals surface area contributed by atoms with Gasteiger partial charge in [-0.1, -0.05) is 61.0 Å². The number of carbonyl (C=O) groups excluding carboxylic acids is 1. The molecule has 2 aromatic carbocycles. The van der Waals surface area contributed by atoms with Crippen molar-refractivity contribution < 1.29 is 13.2 Å². The highest BCUT2D eigenvalue weighted by molar-refractivity contribution is 7.89. The minimum absolute atomic E-state index is 0.0609. The van der Waals surface area contributed by atoms with Crippen molar-refractivity contribution in [2.75, 3.05) is 19.6 Å². The fraction of sp³-hybridized carbons (Fsp3) is 0.346. The summed E-state index contributed by atoms with van der Waals surface area (Å²) in [6, 6.07) is 19.8. The Morgan fingerprint density at radius 3 is 2.65 bits per heavy atom. The number of hydrogen-bond acceptors (Lipinski definition) is 5. The average molecular weight is 496 g/mol. The quantitative estimate of drug-likeness (QED) is 0.543.